The second kappa shape index (κ2) is 10.0. The number of aromatic nitrogens is 2. The number of carbonyl (C=O) groups excluding carboxylic acids is 2. The monoisotopic (exact) mass is 459 g/mol. The zero-order valence-corrected chi connectivity index (χ0v) is 19.3. The smallest absolute Gasteiger partial charge is 0.248 e. The van der Waals surface area contributed by atoms with E-state index in [4.69, 9.17) is 16.3 Å². The van der Waals surface area contributed by atoms with Crippen LogP contribution in [0.3, 0.4) is 0 Å². The summed E-state index contributed by atoms with van der Waals surface area (Å²) in [5, 5.41) is 8.20. The summed E-state index contributed by atoms with van der Waals surface area (Å²) >= 11 is 6.40. The molecule has 172 valence electrons. The van der Waals surface area contributed by atoms with Crippen molar-refractivity contribution in [3.63, 3.8) is 0 Å². The molecule has 2 atom stereocenters. The first kappa shape index (κ1) is 22.8. The molecule has 1 saturated carbocycles. The van der Waals surface area contributed by atoms with Gasteiger partial charge in [-0.25, -0.2) is 0 Å². The first-order valence-electron chi connectivity index (χ1n) is 11.0. The fourth-order valence-corrected chi connectivity index (χ4v) is 4.16. The Balaban J connectivity index is 1.42. The molecule has 0 unspecified atom stereocenters. The summed E-state index contributed by atoms with van der Waals surface area (Å²) in [7, 11) is 3.44. The molecule has 0 radical (unpaired) electrons. The minimum atomic E-state index is -0.0553. The van der Waals surface area contributed by atoms with Crippen LogP contribution in [0.2, 0.25) is 5.02 Å². The first-order valence-corrected chi connectivity index (χ1v) is 11.4. The van der Waals surface area contributed by atoms with Gasteiger partial charge < -0.3 is 15.0 Å². The summed E-state index contributed by atoms with van der Waals surface area (Å²) in [6.07, 6.45) is 6.38. The van der Waals surface area contributed by atoms with Crippen molar-refractivity contribution >= 4 is 29.1 Å². The normalized spacial score (nSPS) is 21.0. The van der Waals surface area contributed by atoms with E-state index in [1.165, 1.54) is 4.90 Å². The zero-order valence-electron chi connectivity index (χ0n) is 18.5. The lowest BCUT2D eigenvalue weighted by Gasteiger charge is -2.24. The van der Waals surface area contributed by atoms with Gasteiger partial charge in [0.25, 0.3) is 0 Å². The van der Waals surface area contributed by atoms with Gasteiger partial charge in [-0.2, -0.15) is 5.10 Å². The molecule has 1 N–H and O–H groups in total. The van der Waals surface area contributed by atoms with Gasteiger partial charge in [0.15, 0.2) is 0 Å². The molecular weight excluding hydrogens is 430 g/mol. The van der Waals surface area contributed by atoms with Crippen molar-refractivity contribution in [3.05, 3.63) is 47.2 Å². The van der Waals surface area contributed by atoms with Gasteiger partial charge in [0.2, 0.25) is 11.8 Å². The maximum atomic E-state index is 12.0. The molecule has 1 aliphatic heterocycles. The Kier molecular flexibility index (Phi) is 7.13. The number of amides is 2. The molecule has 1 aliphatic carbocycles. The van der Waals surface area contributed by atoms with E-state index in [0.717, 1.165) is 42.1 Å². The molecule has 32 heavy (non-hydrogen) atoms. The summed E-state index contributed by atoms with van der Waals surface area (Å²) in [4.78, 5) is 27.8. The molecule has 0 spiro atoms. The van der Waals surface area contributed by atoms with E-state index in [1.54, 1.807) is 20.3 Å². The van der Waals surface area contributed by atoms with Crippen molar-refractivity contribution in [2.45, 2.75) is 37.9 Å². The van der Waals surface area contributed by atoms with Crippen LogP contribution in [-0.4, -0.2) is 71.3 Å². The van der Waals surface area contributed by atoms with Crippen molar-refractivity contribution in [3.8, 4) is 0 Å². The average molecular weight is 460 g/mol. The van der Waals surface area contributed by atoms with Crippen LogP contribution in [0.5, 0.6) is 0 Å². The largest absolute Gasteiger partial charge is 0.370 e. The second-order valence-electron chi connectivity index (χ2n) is 8.84. The molecule has 2 heterocycles. The summed E-state index contributed by atoms with van der Waals surface area (Å²) in [5.41, 5.74) is 1.79. The Morgan fingerprint density at radius 2 is 2.06 bits per heavy atom. The molecule has 2 aromatic rings. The van der Waals surface area contributed by atoms with Crippen molar-refractivity contribution in [2.24, 2.45) is 5.92 Å². The van der Waals surface area contributed by atoms with Crippen LogP contribution in [0.15, 0.2) is 36.7 Å². The number of carbonyl (C=O) groups is 2. The van der Waals surface area contributed by atoms with Crippen LogP contribution >= 0.6 is 11.6 Å². The fourth-order valence-electron chi connectivity index (χ4n) is 3.97. The Labute approximate surface area is 193 Å². The first-order chi connectivity index (χ1) is 15.4. The quantitative estimate of drug-likeness (QED) is 0.623. The lowest BCUT2D eigenvalue weighted by molar-refractivity contribution is -0.134. The summed E-state index contributed by atoms with van der Waals surface area (Å²) < 4.78 is 7.69. The summed E-state index contributed by atoms with van der Waals surface area (Å²) in [5.74, 6) is 0.177. The highest BCUT2D eigenvalue weighted by Crippen LogP contribution is 2.32. The Hall–Kier alpha value is -2.42. The summed E-state index contributed by atoms with van der Waals surface area (Å²) in [6, 6.07) is 8.10. The van der Waals surface area contributed by atoms with Gasteiger partial charge in [-0.3, -0.25) is 19.2 Å². The number of rotatable bonds is 9. The van der Waals surface area contributed by atoms with Crippen LogP contribution < -0.4 is 5.32 Å². The lowest BCUT2D eigenvalue weighted by Crippen LogP contribution is -2.34. The number of nitrogens with one attached hydrogen (secondary N) is 1. The molecule has 0 bridgehead atoms. The Bertz CT molecular complexity index is 959. The number of benzene rings is 1. The number of halogens is 1. The van der Waals surface area contributed by atoms with E-state index < -0.39 is 0 Å². The van der Waals surface area contributed by atoms with Gasteiger partial charge >= 0.3 is 0 Å². The zero-order chi connectivity index (χ0) is 22.7. The van der Waals surface area contributed by atoms with E-state index >= 15 is 0 Å². The van der Waals surface area contributed by atoms with E-state index in [9.17, 15) is 9.59 Å². The third-order valence-electron chi connectivity index (χ3n) is 6.06. The topological polar surface area (TPSA) is 79.7 Å². The molecule has 1 aromatic carbocycles. The van der Waals surface area contributed by atoms with Gasteiger partial charge in [-0.05, 0) is 30.9 Å². The number of ether oxygens (including phenoxy) is 1. The molecule has 2 aliphatic rings. The number of hydrogen-bond donors (Lipinski definition) is 1. The minimum absolute atomic E-state index is 0.0553. The van der Waals surface area contributed by atoms with Gasteiger partial charge in [-0.15, -0.1) is 0 Å². The van der Waals surface area contributed by atoms with Gasteiger partial charge in [0, 0.05) is 50.4 Å². The molecule has 9 heteroatoms. The van der Waals surface area contributed by atoms with Crippen molar-refractivity contribution in [2.75, 3.05) is 39.2 Å². The van der Waals surface area contributed by atoms with Crippen LogP contribution in [0, 0.1) is 5.92 Å². The number of anilines is 1. The second-order valence-corrected chi connectivity index (χ2v) is 9.25. The van der Waals surface area contributed by atoms with Crippen LogP contribution in [0.25, 0.3) is 0 Å². The Morgan fingerprint density at radius 3 is 2.78 bits per heavy atom. The predicted octanol–water partition coefficient (Wildman–Crippen LogP) is 2.81. The molecule has 2 fully saturated rings. The average Bonchev–Trinajstić information content (AvgIpc) is 3.40. The maximum Gasteiger partial charge on any atom is 0.248 e. The summed E-state index contributed by atoms with van der Waals surface area (Å²) in [6.45, 7) is 1.98. The molecule has 1 saturated heterocycles. The number of likely N-dealkylation sites (N-methyl/N-ethyl adjacent to an activating group) is 1. The van der Waals surface area contributed by atoms with E-state index in [0.29, 0.717) is 13.2 Å². The van der Waals surface area contributed by atoms with Crippen LogP contribution in [0.1, 0.15) is 30.9 Å². The predicted molar refractivity (Wildman–Crippen MR) is 122 cm³/mol. The number of likely N-dealkylation sites (tertiary alicyclic amines) is 1. The van der Waals surface area contributed by atoms with Crippen molar-refractivity contribution in [1.29, 1.82) is 0 Å². The van der Waals surface area contributed by atoms with E-state index in [2.05, 4.69) is 15.3 Å². The third kappa shape index (κ3) is 5.68. The molecular formula is C23H30ClN5O3. The number of nitrogens with zero attached hydrogens (tertiary/aromatic N) is 4. The van der Waals surface area contributed by atoms with Crippen molar-refractivity contribution in [1.82, 2.24) is 19.6 Å². The molecule has 8 nitrogen and oxygen atoms in total. The third-order valence-corrected chi connectivity index (χ3v) is 6.43. The van der Waals surface area contributed by atoms with E-state index in [-0.39, 0.29) is 36.4 Å². The highest BCUT2D eigenvalue weighted by molar-refractivity contribution is 6.31. The lowest BCUT2D eigenvalue weighted by atomic mass is 10.1. The maximum absolute atomic E-state index is 12.0. The minimum Gasteiger partial charge on any atom is -0.370 e. The van der Waals surface area contributed by atoms with Crippen LogP contribution in [-0.2, 0) is 20.9 Å². The molecule has 2 amide bonds. The standard InChI is InChI=1S/C23H30ClN5O3/c1-27(2)22(30)15-32-14-20-9-19(13-28(20)11-17-5-3-4-6-21(17)24)29-12-18(10-25-29)26-23(31)16-7-8-16/h3-6,10,12,16,19-20H,7-9,11,13-15H2,1-2H3,(H,26,31)/t19-,20-/m0/s1. The van der Waals surface area contributed by atoms with Crippen molar-refractivity contribution < 1.29 is 14.3 Å². The van der Waals surface area contributed by atoms with Gasteiger partial charge in [-0.1, -0.05) is 29.8 Å². The fraction of sp³-hybridized carbons (Fsp3) is 0.522. The molecule has 4 rings (SSSR count). The highest BCUT2D eigenvalue weighted by atomic mass is 35.5. The highest BCUT2D eigenvalue weighted by Gasteiger charge is 2.34. The number of hydrogen-bond acceptors (Lipinski definition) is 5. The van der Waals surface area contributed by atoms with Gasteiger partial charge in [0.05, 0.1) is 24.5 Å². The molecule has 1 aromatic heterocycles. The van der Waals surface area contributed by atoms with Crippen LogP contribution in [0.4, 0.5) is 5.69 Å². The SMILES string of the molecule is CN(C)C(=O)COC[C@@H]1C[C@H](n2cc(NC(=O)C3CC3)cn2)CN1Cc1ccccc1Cl. The Morgan fingerprint density at radius 1 is 1.28 bits per heavy atom. The van der Waals surface area contributed by atoms with E-state index in [1.807, 2.05) is 35.1 Å². The van der Waals surface area contributed by atoms with Gasteiger partial charge in [0.1, 0.15) is 6.61 Å².